The molecule has 0 fully saturated rings. The van der Waals surface area contributed by atoms with Crippen LogP contribution in [-0.2, 0) is 0 Å². The molecule has 0 bridgehead atoms. The van der Waals surface area contributed by atoms with E-state index in [4.69, 9.17) is 10.8 Å². The summed E-state index contributed by atoms with van der Waals surface area (Å²) >= 11 is 0. The molecule has 0 radical (unpaired) electrons. The van der Waals surface area contributed by atoms with Crippen molar-refractivity contribution in [2.45, 2.75) is 33.1 Å². The molecule has 1 rings (SSSR count). The van der Waals surface area contributed by atoms with Crippen molar-refractivity contribution < 1.29 is 9.90 Å². The van der Waals surface area contributed by atoms with Crippen molar-refractivity contribution in [2.24, 2.45) is 5.92 Å². The molecule has 1 unspecified atom stereocenters. The normalized spacial score (nSPS) is 12.2. The van der Waals surface area contributed by atoms with Crippen molar-refractivity contribution in [3.05, 3.63) is 29.3 Å². The van der Waals surface area contributed by atoms with Crippen molar-refractivity contribution in [1.29, 1.82) is 0 Å². The van der Waals surface area contributed by atoms with Crippen LogP contribution in [-0.4, -0.2) is 24.2 Å². The maximum Gasteiger partial charge on any atom is 0.251 e. The minimum absolute atomic E-state index is 0.0937. The average Bonchev–Trinajstić information content (AvgIpc) is 2.39. The van der Waals surface area contributed by atoms with Crippen LogP contribution in [0.25, 0.3) is 0 Å². The molecule has 0 saturated carbocycles. The molecule has 4 nitrogen and oxygen atoms in total. The maximum absolute atomic E-state index is 12.1. The number of nitrogens with one attached hydrogen (secondary N) is 1. The van der Waals surface area contributed by atoms with Gasteiger partial charge < -0.3 is 16.2 Å². The number of benzene rings is 1. The van der Waals surface area contributed by atoms with E-state index in [1.54, 1.807) is 18.2 Å². The van der Waals surface area contributed by atoms with Crippen LogP contribution in [0.3, 0.4) is 0 Å². The van der Waals surface area contributed by atoms with Crippen LogP contribution in [0.2, 0.25) is 0 Å². The number of anilines is 1. The Kier molecular flexibility index (Phi) is 6.36. The Hall–Kier alpha value is -1.55. The molecule has 1 aromatic rings. The zero-order valence-electron chi connectivity index (χ0n) is 11.8. The molecule has 0 aliphatic carbocycles. The smallest absolute Gasteiger partial charge is 0.251 e. The SMILES string of the molecule is CCCC(CCO)CNC(=O)c1cccc(N)c1C. The lowest BCUT2D eigenvalue weighted by Gasteiger charge is -2.16. The third-order valence-electron chi connectivity index (χ3n) is 3.41. The van der Waals surface area contributed by atoms with Crippen molar-refractivity contribution in [1.82, 2.24) is 5.32 Å². The van der Waals surface area contributed by atoms with E-state index in [2.05, 4.69) is 12.2 Å². The zero-order chi connectivity index (χ0) is 14.3. The lowest BCUT2D eigenvalue weighted by molar-refractivity contribution is 0.0942. The number of carbonyl (C=O) groups is 1. The fourth-order valence-electron chi connectivity index (χ4n) is 2.17. The van der Waals surface area contributed by atoms with Gasteiger partial charge in [0.1, 0.15) is 0 Å². The minimum atomic E-state index is -0.0937. The molecule has 0 heterocycles. The van der Waals surface area contributed by atoms with Gasteiger partial charge in [0.05, 0.1) is 0 Å². The largest absolute Gasteiger partial charge is 0.398 e. The second-order valence-electron chi connectivity index (χ2n) is 4.90. The molecule has 1 aromatic carbocycles. The summed E-state index contributed by atoms with van der Waals surface area (Å²) in [5.74, 6) is 0.240. The highest BCUT2D eigenvalue weighted by molar-refractivity contribution is 5.96. The maximum atomic E-state index is 12.1. The first-order valence-corrected chi connectivity index (χ1v) is 6.84. The van der Waals surface area contributed by atoms with E-state index < -0.39 is 0 Å². The quantitative estimate of drug-likeness (QED) is 0.660. The predicted molar refractivity (Wildman–Crippen MR) is 78.0 cm³/mol. The van der Waals surface area contributed by atoms with Crippen LogP contribution in [0.1, 0.15) is 42.1 Å². The second kappa shape index (κ2) is 7.79. The average molecular weight is 264 g/mol. The molecular weight excluding hydrogens is 240 g/mol. The second-order valence-corrected chi connectivity index (χ2v) is 4.90. The highest BCUT2D eigenvalue weighted by Crippen LogP contribution is 2.16. The number of hydrogen-bond donors (Lipinski definition) is 3. The van der Waals surface area contributed by atoms with Crippen LogP contribution in [0.5, 0.6) is 0 Å². The van der Waals surface area contributed by atoms with Crippen LogP contribution in [0, 0.1) is 12.8 Å². The Bertz CT molecular complexity index is 413. The van der Waals surface area contributed by atoms with Gasteiger partial charge in [0.15, 0.2) is 0 Å². The molecule has 4 N–H and O–H groups in total. The van der Waals surface area contributed by atoms with Crippen LogP contribution < -0.4 is 11.1 Å². The van der Waals surface area contributed by atoms with Gasteiger partial charge in [-0.1, -0.05) is 19.4 Å². The van der Waals surface area contributed by atoms with Crippen LogP contribution in [0.15, 0.2) is 18.2 Å². The minimum Gasteiger partial charge on any atom is -0.398 e. The molecular formula is C15H24N2O2. The number of aliphatic hydroxyl groups is 1. The van der Waals surface area contributed by atoms with Crippen molar-refractivity contribution in [3.8, 4) is 0 Å². The van der Waals surface area contributed by atoms with Gasteiger partial charge in [0.25, 0.3) is 5.91 Å². The van der Waals surface area contributed by atoms with E-state index in [0.29, 0.717) is 23.7 Å². The first kappa shape index (κ1) is 15.5. The van der Waals surface area contributed by atoms with Gasteiger partial charge in [-0.05, 0) is 43.4 Å². The van der Waals surface area contributed by atoms with Gasteiger partial charge >= 0.3 is 0 Å². The fourth-order valence-corrected chi connectivity index (χ4v) is 2.17. The molecule has 106 valence electrons. The molecule has 0 aliphatic rings. The van der Waals surface area contributed by atoms with Crippen molar-refractivity contribution in [2.75, 3.05) is 18.9 Å². The first-order chi connectivity index (χ1) is 9.10. The van der Waals surface area contributed by atoms with E-state index in [9.17, 15) is 4.79 Å². The fraction of sp³-hybridized carbons (Fsp3) is 0.533. The van der Waals surface area contributed by atoms with E-state index >= 15 is 0 Å². The Morgan fingerprint density at radius 3 is 2.79 bits per heavy atom. The Balaban J connectivity index is 2.61. The summed E-state index contributed by atoms with van der Waals surface area (Å²) in [4.78, 5) is 12.1. The zero-order valence-corrected chi connectivity index (χ0v) is 11.8. The molecule has 4 heteroatoms. The number of aliphatic hydroxyl groups excluding tert-OH is 1. The Labute approximate surface area is 115 Å². The number of nitrogens with two attached hydrogens (primary N) is 1. The summed E-state index contributed by atoms with van der Waals surface area (Å²) in [7, 11) is 0. The monoisotopic (exact) mass is 264 g/mol. The van der Waals surface area contributed by atoms with Gasteiger partial charge in [-0.3, -0.25) is 4.79 Å². The summed E-state index contributed by atoms with van der Waals surface area (Å²) in [6.45, 7) is 4.72. The summed E-state index contributed by atoms with van der Waals surface area (Å²) in [5.41, 5.74) is 7.87. The van der Waals surface area contributed by atoms with E-state index in [-0.39, 0.29) is 12.5 Å². The van der Waals surface area contributed by atoms with Gasteiger partial charge in [0.2, 0.25) is 0 Å². The van der Waals surface area contributed by atoms with Crippen LogP contribution in [0.4, 0.5) is 5.69 Å². The summed E-state index contributed by atoms with van der Waals surface area (Å²) < 4.78 is 0. The Morgan fingerprint density at radius 2 is 2.16 bits per heavy atom. The summed E-state index contributed by atoms with van der Waals surface area (Å²) in [6, 6.07) is 5.36. The molecule has 0 aliphatic heterocycles. The van der Waals surface area contributed by atoms with Crippen molar-refractivity contribution in [3.63, 3.8) is 0 Å². The van der Waals surface area contributed by atoms with Gasteiger partial charge in [-0.25, -0.2) is 0 Å². The van der Waals surface area contributed by atoms with Gasteiger partial charge in [-0.2, -0.15) is 0 Å². The summed E-state index contributed by atoms with van der Waals surface area (Å²) in [6.07, 6.45) is 2.79. The van der Waals surface area contributed by atoms with Gasteiger partial charge in [0, 0.05) is 24.4 Å². The van der Waals surface area contributed by atoms with E-state index in [1.165, 1.54) is 0 Å². The number of amides is 1. The third kappa shape index (κ3) is 4.56. The van der Waals surface area contributed by atoms with E-state index in [1.807, 2.05) is 6.92 Å². The number of hydrogen-bond acceptors (Lipinski definition) is 3. The highest BCUT2D eigenvalue weighted by atomic mass is 16.3. The standard InChI is InChI=1S/C15H24N2O2/c1-3-5-12(8-9-18)10-17-15(19)13-6-4-7-14(16)11(13)2/h4,6-7,12,18H,3,5,8-10,16H2,1-2H3,(H,17,19). The number of rotatable bonds is 7. The topological polar surface area (TPSA) is 75.3 Å². The predicted octanol–water partition coefficient (Wildman–Crippen LogP) is 2.11. The van der Waals surface area contributed by atoms with Crippen molar-refractivity contribution >= 4 is 11.6 Å². The lowest BCUT2D eigenvalue weighted by Crippen LogP contribution is -2.30. The Morgan fingerprint density at radius 1 is 1.42 bits per heavy atom. The number of carbonyl (C=O) groups excluding carboxylic acids is 1. The summed E-state index contributed by atoms with van der Waals surface area (Å²) in [5, 5.41) is 11.9. The third-order valence-corrected chi connectivity index (χ3v) is 3.41. The molecule has 0 spiro atoms. The molecule has 0 aromatic heterocycles. The first-order valence-electron chi connectivity index (χ1n) is 6.84. The van der Waals surface area contributed by atoms with Gasteiger partial charge in [-0.15, -0.1) is 0 Å². The molecule has 19 heavy (non-hydrogen) atoms. The van der Waals surface area contributed by atoms with E-state index in [0.717, 1.165) is 24.8 Å². The molecule has 0 saturated heterocycles. The number of nitrogen functional groups attached to an aromatic ring is 1. The molecule has 1 amide bonds. The van der Waals surface area contributed by atoms with Crippen LogP contribution >= 0.6 is 0 Å². The highest BCUT2D eigenvalue weighted by Gasteiger charge is 2.13. The lowest BCUT2D eigenvalue weighted by atomic mass is 9.99. The molecule has 1 atom stereocenters.